The van der Waals surface area contributed by atoms with Crippen LogP contribution in [0.4, 0.5) is 5.69 Å². The van der Waals surface area contributed by atoms with Crippen LogP contribution in [0.15, 0.2) is 90.0 Å². The smallest absolute Gasteiger partial charge is 0.272 e. The summed E-state index contributed by atoms with van der Waals surface area (Å²) in [4.78, 5) is 25.1. The molecule has 2 amide bonds. The van der Waals surface area contributed by atoms with Crippen molar-refractivity contribution >= 4 is 57.2 Å². The second-order valence-electron chi connectivity index (χ2n) is 7.32. The molecule has 0 unspecified atom stereocenters. The van der Waals surface area contributed by atoms with Gasteiger partial charge in [-0.15, -0.1) is 0 Å². The van der Waals surface area contributed by atoms with Crippen LogP contribution in [0.5, 0.6) is 0 Å². The van der Waals surface area contributed by atoms with Crippen LogP contribution in [0.3, 0.4) is 0 Å². The highest BCUT2D eigenvalue weighted by Gasteiger charge is 2.12. The molecule has 0 fully saturated rings. The average molecular weight is 476 g/mol. The van der Waals surface area contributed by atoms with Crippen LogP contribution in [0, 0.1) is 0 Å². The van der Waals surface area contributed by atoms with Crippen LogP contribution in [-0.4, -0.2) is 17.5 Å². The van der Waals surface area contributed by atoms with E-state index in [1.54, 1.807) is 37.3 Å². The Morgan fingerprint density at radius 1 is 0.788 bits per heavy atom. The SMILES string of the molecule is C/C(=N/NC(=O)c1cccc2ccccc12)c1ccc(NC(=O)c2ccc(Cl)cc2Cl)cc1. The number of hydrogen-bond acceptors (Lipinski definition) is 3. The van der Waals surface area contributed by atoms with Crippen molar-refractivity contribution in [1.82, 2.24) is 5.43 Å². The molecule has 33 heavy (non-hydrogen) atoms. The van der Waals surface area contributed by atoms with E-state index in [4.69, 9.17) is 23.2 Å². The largest absolute Gasteiger partial charge is 0.322 e. The van der Waals surface area contributed by atoms with E-state index in [9.17, 15) is 9.59 Å². The predicted molar refractivity (Wildman–Crippen MR) is 134 cm³/mol. The molecule has 0 atom stereocenters. The maximum atomic E-state index is 12.7. The number of hydrogen-bond donors (Lipinski definition) is 2. The topological polar surface area (TPSA) is 70.6 Å². The van der Waals surface area contributed by atoms with Gasteiger partial charge in [0.1, 0.15) is 0 Å². The first kappa shape index (κ1) is 22.5. The van der Waals surface area contributed by atoms with Crippen molar-refractivity contribution in [2.24, 2.45) is 5.10 Å². The Kier molecular flexibility index (Phi) is 6.73. The highest BCUT2D eigenvalue weighted by Crippen LogP contribution is 2.22. The average Bonchev–Trinajstić information content (AvgIpc) is 2.82. The highest BCUT2D eigenvalue weighted by molar-refractivity contribution is 6.37. The first-order chi connectivity index (χ1) is 15.9. The fourth-order valence-corrected chi connectivity index (χ4v) is 3.84. The first-order valence-electron chi connectivity index (χ1n) is 10.1. The number of anilines is 1. The summed E-state index contributed by atoms with van der Waals surface area (Å²) in [6, 6.07) is 25.1. The fourth-order valence-electron chi connectivity index (χ4n) is 3.35. The van der Waals surface area contributed by atoms with Crippen LogP contribution in [0.2, 0.25) is 10.0 Å². The van der Waals surface area contributed by atoms with E-state index in [1.807, 2.05) is 48.5 Å². The zero-order valence-electron chi connectivity index (χ0n) is 17.6. The Balaban J connectivity index is 1.44. The van der Waals surface area contributed by atoms with Crippen LogP contribution in [0.25, 0.3) is 10.8 Å². The summed E-state index contributed by atoms with van der Waals surface area (Å²) in [6.45, 7) is 1.80. The van der Waals surface area contributed by atoms with Gasteiger partial charge in [0.05, 0.1) is 16.3 Å². The third-order valence-corrected chi connectivity index (χ3v) is 5.64. The van der Waals surface area contributed by atoms with Gasteiger partial charge in [-0.1, -0.05) is 71.7 Å². The highest BCUT2D eigenvalue weighted by atomic mass is 35.5. The van der Waals surface area contributed by atoms with Crippen molar-refractivity contribution in [3.05, 3.63) is 112 Å². The van der Waals surface area contributed by atoms with Crippen molar-refractivity contribution < 1.29 is 9.59 Å². The second kappa shape index (κ2) is 9.86. The van der Waals surface area contributed by atoms with Gasteiger partial charge in [0.15, 0.2) is 0 Å². The van der Waals surface area contributed by atoms with E-state index >= 15 is 0 Å². The molecule has 164 valence electrons. The number of nitrogens with one attached hydrogen (secondary N) is 2. The molecule has 7 heteroatoms. The maximum absolute atomic E-state index is 12.7. The number of halogens is 2. The lowest BCUT2D eigenvalue weighted by Crippen LogP contribution is -2.19. The van der Waals surface area contributed by atoms with E-state index in [0.29, 0.717) is 27.5 Å². The minimum atomic E-state index is -0.336. The molecule has 0 saturated carbocycles. The zero-order valence-corrected chi connectivity index (χ0v) is 19.1. The summed E-state index contributed by atoms with van der Waals surface area (Å²) in [5.74, 6) is -0.618. The van der Waals surface area contributed by atoms with Gasteiger partial charge < -0.3 is 5.32 Å². The summed E-state index contributed by atoms with van der Waals surface area (Å²) in [7, 11) is 0. The Hall–Kier alpha value is -3.67. The molecule has 0 saturated heterocycles. The lowest BCUT2D eigenvalue weighted by molar-refractivity contribution is 0.0955. The lowest BCUT2D eigenvalue weighted by Gasteiger charge is -2.09. The molecule has 0 bridgehead atoms. The van der Waals surface area contributed by atoms with Gasteiger partial charge in [-0.3, -0.25) is 9.59 Å². The molecular weight excluding hydrogens is 457 g/mol. The Labute approximate surface area is 201 Å². The molecule has 0 radical (unpaired) electrons. The molecular formula is C26H19Cl2N3O2. The van der Waals surface area contributed by atoms with Gasteiger partial charge in [-0.25, -0.2) is 5.43 Å². The van der Waals surface area contributed by atoms with Crippen molar-refractivity contribution in [2.75, 3.05) is 5.32 Å². The van der Waals surface area contributed by atoms with Crippen LogP contribution in [-0.2, 0) is 0 Å². The van der Waals surface area contributed by atoms with Gasteiger partial charge in [0, 0.05) is 16.3 Å². The van der Waals surface area contributed by atoms with E-state index in [2.05, 4.69) is 15.8 Å². The minimum Gasteiger partial charge on any atom is -0.322 e. The molecule has 4 aromatic carbocycles. The summed E-state index contributed by atoms with van der Waals surface area (Å²) in [5, 5.41) is 9.63. The summed E-state index contributed by atoms with van der Waals surface area (Å²) in [6.07, 6.45) is 0. The standard InChI is InChI=1S/C26H19Cl2N3O2/c1-16(30-31-26(33)22-8-4-6-18-5-2-3-7-21(18)22)17-9-12-20(13-10-17)29-25(32)23-14-11-19(27)15-24(23)28/h2-15H,1H3,(H,29,32)(H,31,33)/b30-16-. The van der Waals surface area contributed by atoms with Crippen LogP contribution in [0.1, 0.15) is 33.2 Å². The quantitative estimate of drug-likeness (QED) is 0.253. The summed E-state index contributed by atoms with van der Waals surface area (Å²) < 4.78 is 0. The molecule has 2 N–H and O–H groups in total. The van der Waals surface area contributed by atoms with Crippen LogP contribution < -0.4 is 10.7 Å². The van der Waals surface area contributed by atoms with Gasteiger partial charge in [0.25, 0.3) is 11.8 Å². The first-order valence-corrected chi connectivity index (χ1v) is 10.9. The Bertz CT molecular complexity index is 1380. The van der Waals surface area contributed by atoms with Gasteiger partial charge in [-0.05, 0) is 59.7 Å². The Morgan fingerprint density at radius 2 is 1.52 bits per heavy atom. The number of fused-ring (bicyclic) bond motifs is 1. The van der Waals surface area contributed by atoms with Gasteiger partial charge >= 0.3 is 0 Å². The van der Waals surface area contributed by atoms with E-state index in [0.717, 1.165) is 16.3 Å². The number of nitrogens with zero attached hydrogens (tertiary/aromatic N) is 1. The number of amides is 2. The molecule has 5 nitrogen and oxygen atoms in total. The number of carbonyl (C=O) groups excluding carboxylic acids is 2. The number of carbonyl (C=O) groups is 2. The molecule has 4 rings (SSSR count). The third-order valence-electron chi connectivity index (χ3n) is 5.10. The van der Waals surface area contributed by atoms with Gasteiger partial charge in [-0.2, -0.15) is 5.10 Å². The lowest BCUT2D eigenvalue weighted by atomic mass is 10.0. The normalized spacial score (nSPS) is 11.3. The zero-order chi connectivity index (χ0) is 23.4. The number of rotatable bonds is 5. The maximum Gasteiger partial charge on any atom is 0.272 e. The number of benzene rings is 4. The predicted octanol–water partition coefficient (Wildman–Crippen LogP) is 6.55. The molecule has 0 aliphatic heterocycles. The van der Waals surface area contributed by atoms with Crippen molar-refractivity contribution in [3.8, 4) is 0 Å². The van der Waals surface area contributed by atoms with Crippen molar-refractivity contribution in [1.29, 1.82) is 0 Å². The van der Waals surface area contributed by atoms with Gasteiger partial charge in [0.2, 0.25) is 0 Å². The Morgan fingerprint density at radius 3 is 2.27 bits per heavy atom. The molecule has 0 spiro atoms. The fraction of sp³-hybridized carbons (Fsp3) is 0.0385. The minimum absolute atomic E-state index is 0.279. The summed E-state index contributed by atoms with van der Waals surface area (Å²) >= 11 is 12.0. The molecule has 0 heterocycles. The van der Waals surface area contributed by atoms with Crippen molar-refractivity contribution in [2.45, 2.75) is 6.92 Å². The second-order valence-corrected chi connectivity index (χ2v) is 8.16. The van der Waals surface area contributed by atoms with E-state index in [1.165, 1.54) is 6.07 Å². The van der Waals surface area contributed by atoms with Crippen LogP contribution >= 0.6 is 23.2 Å². The van der Waals surface area contributed by atoms with E-state index < -0.39 is 0 Å². The molecule has 0 aliphatic carbocycles. The summed E-state index contributed by atoms with van der Waals surface area (Å²) in [5.41, 5.74) is 5.54. The van der Waals surface area contributed by atoms with E-state index in [-0.39, 0.29) is 16.8 Å². The molecule has 0 aromatic heterocycles. The third kappa shape index (κ3) is 5.22. The molecule has 4 aromatic rings. The van der Waals surface area contributed by atoms with Crippen molar-refractivity contribution in [3.63, 3.8) is 0 Å². The molecule has 0 aliphatic rings. The monoisotopic (exact) mass is 475 g/mol. The number of hydrazone groups is 1.